The first kappa shape index (κ1) is 10.9. The standard InChI is InChI=1S/C12H15N3O/c13-5-7-14-8-10-4-3-9-2-1-6-15-11(9)12(10)16/h1-4,6,14,16H,5,7-8,13H2. The van der Waals surface area contributed by atoms with Crippen LogP contribution in [0.1, 0.15) is 5.56 Å². The highest BCUT2D eigenvalue weighted by molar-refractivity contribution is 5.85. The second kappa shape index (κ2) is 4.92. The molecule has 16 heavy (non-hydrogen) atoms. The summed E-state index contributed by atoms with van der Waals surface area (Å²) in [5, 5.41) is 14.1. The molecule has 0 saturated carbocycles. The van der Waals surface area contributed by atoms with E-state index in [1.165, 1.54) is 0 Å². The first-order valence-corrected chi connectivity index (χ1v) is 5.29. The summed E-state index contributed by atoms with van der Waals surface area (Å²) >= 11 is 0. The number of phenolic OH excluding ortho intramolecular Hbond substituents is 1. The lowest BCUT2D eigenvalue weighted by atomic mass is 10.1. The van der Waals surface area contributed by atoms with E-state index in [1.54, 1.807) is 6.20 Å². The Morgan fingerprint density at radius 3 is 3.00 bits per heavy atom. The fraction of sp³-hybridized carbons (Fsp3) is 0.250. The fourth-order valence-corrected chi connectivity index (χ4v) is 1.64. The second-order valence-corrected chi connectivity index (χ2v) is 3.61. The quantitative estimate of drug-likeness (QED) is 0.668. The van der Waals surface area contributed by atoms with Crippen molar-refractivity contribution in [3.8, 4) is 5.75 Å². The van der Waals surface area contributed by atoms with Crippen LogP contribution in [0.25, 0.3) is 10.9 Å². The van der Waals surface area contributed by atoms with E-state index in [1.807, 2.05) is 24.3 Å². The van der Waals surface area contributed by atoms with Crippen molar-refractivity contribution >= 4 is 10.9 Å². The third kappa shape index (κ3) is 2.13. The number of hydrogen-bond acceptors (Lipinski definition) is 4. The summed E-state index contributed by atoms with van der Waals surface area (Å²) in [7, 11) is 0. The summed E-state index contributed by atoms with van der Waals surface area (Å²) in [5.41, 5.74) is 6.88. The van der Waals surface area contributed by atoms with Gasteiger partial charge in [-0.15, -0.1) is 0 Å². The van der Waals surface area contributed by atoms with E-state index in [0.29, 0.717) is 18.6 Å². The van der Waals surface area contributed by atoms with Crippen LogP contribution >= 0.6 is 0 Å². The Bertz CT molecular complexity index is 485. The molecule has 2 rings (SSSR count). The molecule has 2 aromatic rings. The third-order valence-electron chi connectivity index (χ3n) is 2.47. The molecule has 0 bridgehead atoms. The van der Waals surface area contributed by atoms with Crippen LogP contribution in [0.5, 0.6) is 5.75 Å². The van der Waals surface area contributed by atoms with Gasteiger partial charge in [0.1, 0.15) is 11.3 Å². The number of rotatable bonds is 4. The molecule has 0 amide bonds. The fourth-order valence-electron chi connectivity index (χ4n) is 1.64. The number of nitrogens with one attached hydrogen (secondary N) is 1. The van der Waals surface area contributed by atoms with Crippen LogP contribution in [0.4, 0.5) is 0 Å². The lowest BCUT2D eigenvalue weighted by molar-refractivity contribution is 0.470. The molecule has 0 aliphatic carbocycles. The molecule has 0 aliphatic rings. The monoisotopic (exact) mass is 217 g/mol. The lowest BCUT2D eigenvalue weighted by Gasteiger charge is -2.07. The summed E-state index contributed by atoms with van der Waals surface area (Å²) in [6, 6.07) is 7.65. The number of hydrogen-bond donors (Lipinski definition) is 3. The first-order chi connectivity index (χ1) is 7.83. The molecule has 1 aromatic carbocycles. The van der Waals surface area contributed by atoms with E-state index in [2.05, 4.69) is 10.3 Å². The van der Waals surface area contributed by atoms with E-state index >= 15 is 0 Å². The van der Waals surface area contributed by atoms with Crippen LogP contribution in [0.15, 0.2) is 30.5 Å². The van der Waals surface area contributed by atoms with Crippen LogP contribution < -0.4 is 11.1 Å². The highest BCUT2D eigenvalue weighted by Gasteiger charge is 2.06. The summed E-state index contributed by atoms with van der Waals surface area (Å²) in [6.45, 7) is 1.93. The van der Waals surface area contributed by atoms with Gasteiger partial charge in [0, 0.05) is 36.8 Å². The molecule has 0 spiro atoms. The predicted octanol–water partition coefficient (Wildman–Crippen LogP) is 0.989. The Morgan fingerprint density at radius 1 is 1.31 bits per heavy atom. The molecule has 4 heteroatoms. The minimum atomic E-state index is 0.252. The van der Waals surface area contributed by atoms with Gasteiger partial charge in [0.15, 0.2) is 0 Å². The minimum absolute atomic E-state index is 0.252. The van der Waals surface area contributed by atoms with Crippen molar-refractivity contribution < 1.29 is 5.11 Å². The van der Waals surface area contributed by atoms with Gasteiger partial charge in [-0.3, -0.25) is 4.98 Å². The van der Waals surface area contributed by atoms with Crippen molar-refractivity contribution in [2.24, 2.45) is 5.73 Å². The maximum atomic E-state index is 10.0. The maximum Gasteiger partial charge on any atom is 0.146 e. The molecule has 1 aromatic heterocycles. The zero-order valence-electron chi connectivity index (χ0n) is 8.98. The molecular formula is C12H15N3O. The second-order valence-electron chi connectivity index (χ2n) is 3.61. The number of nitrogens with two attached hydrogens (primary N) is 1. The van der Waals surface area contributed by atoms with Crippen molar-refractivity contribution in [2.75, 3.05) is 13.1 Å². The Morgan fingerprint density at radius 2 is 2.19 bits per heavy atom. The summed E-state index contributed by atoms with van der Waals surface area (Å²) < 4.78 is 0. The highest BCUT2D eigenvalue weighted by Crippen LogP contribution is 2.26. The van der Waals surface area contributed by atoms with E-state index in [0.717, 1.165) is 17.5 Å². The van der Waals surface area contributed by atoms with Gasteiger partial charge in [-0.1, -0.05) is 18.2 Å². The van der Waals surface area contributed by atoms with Gasteiger partial charge in [0.25, 0.3) is 0 Å². The largest absolute Gasteiger partial charge is 0.505 e. The van der Waals surface area contributed by atoms with Crippen LogP contribution in [0.2, 0.25) is 0 Å². The van der Waals surface area contributed by atoms with Crippen molar-refractivity contribution in [1.82, 2.24) is 10.3 Å². The topological polar surface area (TPSA) is 71.2 Å². The molecule has 4 N–H and O–H groups in total. The molecule has 0 aliphatic heterocycles. The number of aromatic hydroxyl groups is 1. The zero-order chi connectivity index (χ0) is 11.4. The van der Waals surface area contributed by atoms with Crippen molar-refractivity contribution in [3.05, 3.63) is 36.0 Å². The van der Waals surface area contributed by atoms with Crippen LogP contribution in [-0.4, -0.2) is 23.2 Å². The molecule has 84 valence electrons. The molecule has 4 nitrogen and oxygen atoms in total. The smallest absolute Gasteiger partial charge is 0.146 e. The normalized spacial score (nSPS) is 10.8. The SMILES string of the molecule is NCCNCc1ccc2cccnc2c1O. The summed E-state index contributed by atoms with van der Waals surface area (Å²) in [6.07, 6.45) is 1.68. The highest BCUT2D eigenvalue weighted by atomic mass is 16.3. The Kier molecular flexibility index (Phi) is 3.34. The number of pyridine rings is 1. The minimum Gasteiger partial charge on any atom is -0.505 e. The molecule has 1 heterocycles. The maximum absolute atomic E-state index is 10.0. The number of fused-ring (bicyclic) bond motifs is 1. The average Bonchev–Trinajstić information content (AvgIpc) is 2.33. The Labute approximate surface area is 94.1 Å². The molecule has 0 radical (unpaired) electrons. The Balaban J connectivity index is 2.29. The number of nitrogens with zero attached hydrogens (tertiary/aromatic N) is 1. The zero-order valence-corrected chi connectivity index (χ0v) is 8.98. The number of benzene rings is 1. The summed E-state index contributed by atoms with van der Waals surface area (Å²) in [5.74, 6) is 0.252. The van der Waals surface area contributed by atoms with Crippen LogP contribution in [0, 0.1) is 0 Å². The van der Waals surface area contributed by atoms with Gasteiger partial charge in [-0.25, -0.2) is 0 Å². The number of aromatic nitrogens is 1. The molecule has 0 atom stereocenters. The van der Waals surface area contributed by atoms with E-state index in [9.17, 15) is 5.11 Å². The molecule has 0 unspecified atom stereocenters. The number of phenols is 1. The van der Waals surface area contributed by atoms with Crippen LogP contribution in [0.3, 0.4) is 0 Å². The van der Waals surface area contributed by atoms with Crippen molar-refractivity contribution in [3.63, 3.8) is 0 Å². The lowest BCUT2D eigenvalue weighted by Crippen LogP contribution is -2.21. The molecule has 0 saturated heterocycles. The predicted molar refractivity (Wildman–Crippen MR) is 64.2 cm³/mol. The van der Waals surface area contributed by atoms with Gasteiger partial charge in [-0.2, -0.15) is 0 Å². The molecule has 0 fully saturated rings. The van der Waals surface area contributed by atoms with Gasteiger partial charge < -0.3 is 16.2 Å². The van der Waals surface area contributed by atoms with Gasteiger partial charge in [0.2, 0.25) is 0 Å². The van der Waals surface area contributed by atoms with E-state index in [-0.39, 0.29) is 5.75 Å². The van der Waals surface area contributed by atoms with Gasteiger partial charge >= 0.3 is 0 Å². The third-order valence-corrected chi connectivity index (χ3v) is 2.47. The Hall–Kier alpha value is -1.65. The van der Waals surface area contributed by atoms with Gasteiger partial charge in [0.05, 0.1) is 0 Å². The summed E-state index contributed by atoms with van der Waals surface area (Å²) in [4.78, 5) is 4.17. The van der Waals surface area contributed by atoms with Gasteiger partial charge in [-0.05, 0) is 6.07 Å². The van der Waals surface area contributed by atoms with E-state index < -0.39 is 0 Å². The average molecular weight is 217 g/mol. The first-order valence-electron chi connectivity index (χ1n) is 5.29. The van der Waals surface area contributed by atoms with Crippen molar-refractivity contribution in [1.29, 1.82) is 0 Å². The molecular weight excluding hydrogens is 202 g/mol. The van der Waals surface area contributed by atoms with Crippen molar-refractivity contribution in [2.45, 2.75) is 6.54 Å². The van der Waals surface area contributed by atoms with Crippen LogP contribution in [-0.2, 0) is 6.54 Å². The van der Waals surface area contributed by atoms with E-state index in [4.69, 9.17) is 5.73 Å².